The number of carbonyl (C=O) groups is 4. The van der Waals surface area contributed by atoms with Crippen molar-refractivity contribution in [2.24, 2.45) is 11.8 Å². The minimum absolute atomic E-state index is 0.00829. The summed E-state index contributed by atoms with van der Waals surface area (Å²) in [4.78, 5) is 45.6. The maximum atomic E-state index is 11.5. The molecule has 0 aromatic rings. The first kappa shape index (κ1) is 29.5. The Morgan fingerprint density at radius 2 is 0.941 bits per heavy atom. The van der Waals surface area contributed by atoms with Gasteiger partial charge in [0, 0.05) is 12.1 Å². The Balaban J connectivity index is 0.000000340. The van der Waals surface area contributed by atoms with E-state index in [-0.39, 0.29) is 35.9 Å². The molecular weight excluding hydrogens is 444 g/mol. The van der Waals surface area contributed by atoms with Gasteiger partial charge in [0.1, 0.15) is 11.2 Å². The predicted molar refractivity (Wildman–Crippen MR) is 125 cm³/mol. The number of methoxy groups -OCH3 is 2. The third-order valence-corrected chi connectivity index (χ3v) is 5.38. The van der Waals surface area contributed by atoms with Gasteiger partial charge in [-0.05, 0) is 80.1 Å². The summed E-state index contributed by atoms with van der Waals surface area (Å²) in [6.45, 7) is 10.9. The summed E-state index contributed by atoms with van der Waals surface area (Å²) in [7, 11) is 2.77. The molecule has 2 aliphatic rings. The minimum atomic E-state index is -0.496. The molecule has 0 bridgehead atoms. The number of esters is 2. The van der Waals surface area contributed by atoms with Crippen LogP contribution in [0, 0.1) is 11.8 Å². The molecular formula is C24H42N2O8. The number of nitrogens with one attached hydrogen (secondary N) is 2. The van der Waals surface area contributed by atoms with E-state index >= 15 is 0 Å². The zero-order chi connectivity index (χ0) is 26.1. The lowest BCUT2D eigenvalue weighted by Crippen LogP contribution is -2.38. The molecule has 4 atom stereocenters. The van der Waals surface area contributed by atoms with Gasteiger partial charge in [0.05, 0.1) is 26.1 Å². The minimum Gasteiger partial charge on any atom is -0.469 e. The van der Waals surface area contributed by atoms with E-state index in [1.165, 1.54) is 14.2 Å². The highest BCUT2D eigenvalue weighted by Crippen LogP contribution is 2.27. The second kappa shape index (κ2) is 12.8. The average Bonchev–Trinajstić information content (AvgIpc) is 3.34. The lowest BCUT2D eigenvalue weighted by molar-refractivity contribution is -0.146. The molecule has 0 heterocycles. The SMILES string of the molecule is COC(=O)[C@@H]1CC[C@H](NC(=O)OC(C)(C)C)C1.COC(=O)[C@H]1CC[C@@H](NC(=O)OC(C)(C)C)C1. The fraction of sp³-hybridized carbons (Fsp3) is 0.833. The number of ether oxygens (including phenoxy) is 4. The molecule has 10 nitrogen and oxygen atoms in total. The van der Waals surface area contributed by atoms with Crippen LogP contribution in [0.15, 0.2) is 0 Å². The molecule has 0 unspecified atom stereocenters. The van der Waals surface area contributed by atoms with Crippen molar-refractivity contribution >= 4 is 24.1 Å². The van der Waals surface area contributed by atoms with Crippen LogP contribution < -0.4 is 10.6 Å². The van der Waals surface area contributed by atoms with Crippen molar-refractivity contribution in [1.29, 1.82) is 0 Å². The van der Waals surface area contributed by atoms with Crippen LogP contribution in [0.5, 0.6) is 0 Å². The van der Waals surface area contributed by atoms with Gasteiger partial charge < -0.3 is 29.6 Å². The van der Waals surface area contributed by atoms with Crippen molar-refractivity contribution in [2.75, 3.05) is 14.2 Å². The molecule has 2 fully saturated rings. The number of rotatable bonds is 4. The van der Waals surface area contributed by atoms with Crippen LogP contribution in [0.1, 0.15) is 80.1 Å². The highest BCUT2D eigenvalue weighted by Gasteiger charge is 2.33. The fourth-order valence-corrected chi connectivity index (χ4v) is 3.94. The van der Waals surface area contributed by atoms with Crippen molar-refractivity contribution in [3.63, 3.8) is 0 Å². The molecule has 0 aromatic carbocycles. The van der Waals surface area contributed by atoms with Gasteiger partial charge in [0.25, 0.3) is 0 Å². The molecule has 0 aromatic heterocycles. The summed E-state index contributed by atoms with van der Waals surface area (Å²) in [5.74, 6) is -0.586. The maximum Gasteiger partial charge on any atom is 0.407 e. The number of carbonyl (C=O) groups excluding carboxylic acids is 4. The van der Waals surface area contributed by atoms with Crippen LogP contribution in [0.3, 0.4) is 0 Å². The van der Waals surface area contributed by atoms with Crippen LogP contribution in [-0.4, -0.2) is 61.6 Å². The van der Waals surface area contributed by atoms with Gasteiger partial charge >= 0.3 is 24.1 Å². The van der Waals surface area contributed by atoms with Crippen LogP contribution >= 0.6 is 0 Å². The lowest BCUT2D eigenvalue weighted by Gasteiger charge is -2.21. The van der Waals surface area contributed by atoms with Gasteiger partial charge in [-0.25, -0.2) is 9.59 Å². The largest absolute Gasteiger partial charge is 0.469 e. The Bertz CT molecular complexity index is 651. The first-order valence-electron chi connectivity index (χ1n) is 11.8. The van der Waals surface area contributed by atoms with Gasteiger partial charge in [-0.3, -0.25) is 9.59 Å². The quantitative estimate of drug-likeness (QED) is 0.454. The molecule has 0 radical (unpaired) electrons. The van der Waals surface area contributed by atoms with Gasteiger partial charge in [0.15, 0.2) is 0 Å². The topological polar surface area (TPSA) is 129 Å². The van der Waals surface area contributed by atoms with Crippen molar-refractivity contribution in [3.8, 4) is 0 Å². The Labute approximate surface area is 202 Å². The van der Waals surface area contributed by atoms with Crippen LogP contribution in [-0.2, 0) is 28.5 Å². The summed E-state index contributed by atoms with van der Waals surface area (Å²) in [5.41, 5.74) is -0.991. The standard InChI is InChI=1S/2C12H21NO4/c2*1-12(2,3)17-11(15)13-9-6-5-8(7-9)10(14)16-4/h2*8-9H,5-7H2,1-4H3,(H,13,15)/t2*8-,9+/m10/s1. The number of alkyl carbamates (subject to hydrolysis) is 2. The summed E-state index contributed by atoms with van der Waals surface area (Å²) in [5, 5.41) is 5.55. The Kier molecular flexibility index (Phi) is 11.1. The first-order valence-corrected chi connectivity index (χ1v) is 11.8. The highest BCUT2D eigenvalue weighted by molar-refractivity contribution is 5.74. The maximum absolute atomic E-state index is 11.5. The van der Waals surface area contributed by atoms with Crippen molar-refractivity contribution in [2.45, 2.75) is 103 Å². The second-order valence-corrected chi connectivity index (χ2v) is 10.8. The lowest BCUT2D eigenvalue weighted by atomic mass is 10.1. The van der Waals surface area contributed by atoms with Gasteiger partial charge in [-0.15, -0.1) is 0 Å². The fourth-order valence-electron chi connectivity index (χ4n) is 3.94. The summed E-state index contributed by atoms with van der Waals surface area (Å²) in [6, 6.07) is 0.0166. The van der Waals surface area contributed by atoms with E-state index in [2.05, 4.69) is 20.1 Å². The van der Waals surface area contributed by atoms with E-state index in [9.17, 15) is 19.2 Å². The van der Waals surface area contributed by atoms with E-state index < -0.39 is 23.4 Å². The second-order valence-electron chi connectivity index (χ2n) is 10.8. The third kappa shape index (κ3) is 11.6. The molecule has 0 aliphatic heterocycles. The molecule has 0 spiro atoms. The van der Waals surface area contributed by atoms with Crippen LogP contribution in [0.25, 0.3) is 0 Å². The number of hydrogen-bond acceptors (Lipinski definition) is 8. The smallest absolute Gasteiger partial charge is 0.407 e. The molecule has 2 N–H and O–H groups in total. The molecule has 2 amide bonds. The Morgan fingerprint density at radius 3 is 1.21 bits per heavy atom. The molecule has 34 heavy (non-hydrogen) atoms. The van der Waals surface area contributed by atoms with Gasteiger partial charge in [-0.1, -0.05) is 0 Å². The normalized spacial score (nSPS) is 24.2. The number of hydrogen-bond donors (Lipinski definition) is 2. The Morgan fingerprint density at radius 1 is 0.618 bits per heavy atom. The molecule has 0 saturated heterocycles. The Hall–Kier alpha value is -2.52. The molecule has 196 valence electrons. The van der Waals surface area contributed by atoms with Crippen LogP contribution in [0.4, 0.5) is 9.59 Å². The highest BCUT2D eigenvalue weighted by atomic mass is 16.6. The van der Waals surface area contributed by atoms with E-state index in [0.717, 1.165) is 25.7 Å². The van der Waals surface area contributed by atoms with Crippen molar-refractivity contribution in [3.05, 3.63) is 0 Å². The zero-order valence-electron chi connectivity index (χ0n) is 21.8. The molecule has 2 saturated carbocycles. The van der Waals surface area contributed by atoms with E-state index in [0.29, 0.717) is 12.8 Å². The van der Waals surface area contributed by atoms with Crippen molar-refractivity contribution in [1.82, 2.24) is 10.6 Å². The molecule has 2 aliphatic carbocycles. The third-order valence-electron chi connectivity index (χ3n) is 5.38. The number of amides is 2. The first-order chi connectivity index (χ1) is 15.6. The molecule has 10 heteroatoms. The average molecular weight is 487 g/mol. The van der Waals surface area contributed by atoms with Gasteiger partial charge in [-0.2, -0.15) is 0 Å². The summed E-state index contributed by atoms with van der Waals surface area (Å²) in [6.07, 6.45) is 3.51. The van der Waals surface area contributed by atoms with E-state index in [1.54, 1.807) is 0 Å². The summed E-state index contributed by atoms with van der Waals surface area (Å²) < 4.78 is 19.7. The van der Waals surface area contributed by atoms with Crippen LogP contribution in [0.2, 0.25) is 0 Å². The van der Waals surface area contributed by atoms with E-state index in [4.69, 9.17) is 9.47 Å². The zero-order valence-corrected chi connectivity index (χ0v) is 21.8. The summed E-state index contributed by atoms with van der Waals surface area (Å²) >= 11 is 0. The van der Waals surface area contributed by atoms with E-state index in [1.807, 2.05) is 41.5 Å². The molecule has 2 rings (SSSR count). The van der Waals surface area contributed by atoms with Crippen molar-refractivity contribution < 1.29 is 38.1 Å². The predicted octanol–water partition coefficient (Wildman–Crippen LogP) is 3.71. The monoisotopic (exact) mass is 486 g/mol. The van der Waals surface area contributed by atoms with Gasteiger partial charge in [0.2, 0.25) is 0 Å².